The van der Waals surface area contributed by atoms with Crippen LogP contribution in [-0.4, -0.2) is 0 Å². The van der Waals surface area contributed by atoms with Gasteiger partial charge < -0.3 is 9.32 Å². The minimum atomic E-state index is -0.282. The highest BCUT2D eigenvalue weighted by Crippen LogP contribution is 2.53. The summed E-state index contributed by atoms with van der Waals surface area (Å²) in [5.41, 5.74) is 13.8. The molecule has 0 N–H and O–H groups in total. The van der Waals surface area contributed by atoms with Gasteiger partial charge in [0.15, 0.2) is 0 Å². The largest absolute Gasteiger partial charge is 0.456 e. The van der Waals surface area contributed by atoms with Crippen molar-refractivity contribution in [3.8, 4) is 22.3 Å². The highest BCUT2D eigenvalue weighted by Gasteiger charge is 2.40. The molecule has 0 fully saturated rings. The van der Waals surface area contributed by atoms with E-state index in [1.165, 1.54) is 59.1 Å². The highest BCUT2D eigenvalue weighted by atomic mass is 32.1. The van der Waals surface area contributed by atoms with Crippen molar-refractivity contribution in [1.29, 1.82) is 0 Å². The minimum absolute atomic E-state index is 0.282. The molecule has 8 aromatic carbocycles. The van der Waals surface area contributed by atoms with Crippen molar-refractivity contribution in [3.63, 3.8) is 0 Å². The highest BCUT2D eigenvalue weighted by molar-refractivity contribution is 7.26. The predicted octanol–water partition coefficient (Wildman–Crippen LogP) is 14.4. The standard InChI is InChI=1S/C50H33NOS/c1-50(42-17-8-5-14-37(42)38-15-6-9-18-43(38)50)34-24-28-39-41-31-36(27-29-45(41)52-46(39)30-34)51(35-25-22-33(23-26-35)32-12-3-2-4-13-32)44-19-11-21-48-49(44)40-16-7-10-20-47(40)53-48/h2-31H,1H3. The number of nitrogens with zero attached hydrogens (tertiary/aromatic N) is 1. The van der Waals surface area contributed by atoms with Crippen LogP contribution < -0.4 is 4.90 Å². The quantitative estimate of drug-likeness (QED) is 0.178. The molecule has 0 saturated carbocycles. The number of benzene rings is 8. The number of rotatable bonds is 5. The van der Waals surface area contributed by atoms with Crippen LogP contribution in [0.1, 0.15) is 23.6 Å². The predicted molar refractivity (Wildman–Crippen MR) is 224 cm³/mol. The Morgan fingerprint density at radius 2 is 1.13 bits per heavy atom. The number of hydrogen-bond donors (Lipinski definition) is 0. The minimum Gasteiger partial charge on any atom is -0.456 e. The Labute approximate surface area is 311 Å². The fourth-order valence-corrected chi connectivity index (χ4v) is 9.91. The topological polar surface area (TPSA) is 16.4 Å². The second-order valence-electron chi connectivity index (χ2n) is 14.2. The van der Waals surface area contributed by atoms with E-state index in [9.17, 15) is 0 Å². The Balaban J connectivity index is 1.09. The summed E-state index contributed by atoms with van der Waals surface area (Å²) in [5.74, 6) is 0. The third-order valence-corrected chi connectivity index (χ3v) is 12.5. The SMILES string of the molecule is CC1(c2ccc3c(c2)oc2ccc(N(c4ccc(-c5ccccc5)cc4)c4cccc5sc6ccccc6c45)cc23)c2ccccc2-c2ccccc21. The van der Waals surface area contributed by atoms with Crippen LogP contribution in [-0.2, 0) is 5.41 Å². The van der Waals surface area contributed by atoms with Crippen molar-refractivity contribution in [2.45, 2.75) is 12.3 Å². The Morgan fingerprint density at radius 1 is 0.472 bits per heavy atom. The smallest absolute Gasteiger partial charge is 0.135 e. The molecule has 2 nitrogen and oxygen atoms in total. The first kappa shape index (κ1) is 30.2. The molecule has 2 heterocycles. The molecule has 0 bridgehead atoms. The monoisotopic (exact) mass is 695 g/mol. The molecule has 2 aromatic heterocycles. The van der Waals surface area contributed by atoms with Gasteiger partial charge in [-0.25, -0.2) is 0 Å². The molecule has 0 saturated heterocycles. The average molecular weight is 696 g/mol. The maximum Gasteiger partial charge on any atom is 0.135 e. The van der Waals surface area contributed by atoms with Crippen LogP contribution in [0.15, 0.2) is 186 Å². The molecule has 1 aliphatic carbocycles. The maximum atomic E-state index is 6.68. The first-order valence-electron chi connectivity index (χ1n) is 18.2. The lowest BCUT2D eigenvalue weighted by atomic mass is 9.74. The second-order valence-corrected chi connectivity index (χ2v) is 15.3. The van der Waals surface area contributed by atoms with Gasteiger partial charge in [0.05, 0.1) is 5.69 Å². The molecule has 0 aliphatic heterocycles. The van der Waals surface area contributed by atoms with E-state index in [0.717, 1.165) is 39.0 Å². The zero-order chi connectivity index (χ0) is 35.1. The van der Waals surface area contributed by atoms with Gasteiger partial charge in [-0.3, -0.25) is 0 Å². The summed E-state index contributed by atoms with van der Waals surface area (Å²) < 4.78 is 9.26. The van der Waals surface area contributed by atoms with Crippen molar-refractivity contribution in [2.24, 2.45) is 0 Å². The molecular formula is C50H33NOS. The van der Waals surface area contributed by atoms with Crippen molar-refractivity contribution >= 4 is 70.5 Å². The van der Waals surface area contributed by atoms with Gasteiger partial charge in [-0.1, -0.05) is 127 Å². The molecule has 1 aliphatic rings. The molecule has 0 amide bonds. The van der Waals surface area contributed by atoms with Gasteiger partial charge in [0.1, 0.15) is 11.2 Å². The zero-order valence-electron chi connectivity index (χ0n) is 29.1. The van der Waals surface area contributed by atoms with Gasteiger partial charge >= 0.3 is 0 Å². The van der Waals surface area contributed by atoms with Gasteiger partial charge in [0, 0.05) is 47.7 Å². The van der Waals surface area contributed by atoms with Gasteiger partial charge in [-0.15, -0.1) is 11.3 Å². The van der Waals surface area contributed by atoms with Crippen LogP contribution in [0.2, 0.25) is 0 Å². The molecule has 0 spiro atoms. The lowest BCUT2D eigenvalue weighted by Crippen LogP contribution is -2.22. The molecule has 3 heteroatoms. The van der Waals surface area contributed by atoms with Crippen molar-refractivity contribution in [1.82, 2.24) is 0 Å². The number of thiophene rings is 1. The third kappa shape index (κ3) is 4.51. The molecule has 250 valence electrons. The maximum absolute atomic E-state index is 6.68. The zero-order valence-corrected chi connectivity index (χ0v) is 29.9. The first-order valence-corrected chi connectivity index (χ1v) is 19.0. The number of fused-ring (bicyclic) bond motifs is 9. The van der Waals surface area contributed by atoms with Gasteiger partial charge in [-0.05, 0) is 100 Å². The van der Waals surface area contributed by atoms with Gasteiger partial charge in [0.2, 0.25) is 0 Å². The molecule has 0 radical (unpaired) electrons. The lowest BCUT2D eigenvalue weighted by Gasteiger charge is -2.28. The summed E-state index contributed by atoms with van der Waals surface area (Å²) in [7, 11) is 0. The molecule has 10 aromatic rings. The van der Waals surface area contributed by atoms with E-state index < -0.39 is 0 Å². The van der Waals surface area contributed by atoms with Crippen LogP contribution in [0, 0.1) is 0 Å². The second kappa shape index (κ2) is 11.5. The Hall–Kier alpha value is -6.42. The Morgan fingerprint density at radius 3 is 1.92 bits per heavy atom. The summed E-state index contributed by atoms with van der Waals surface area (Å²) in [6, 6.07) is 66.1. The van der Waals surface area contributed by atoms with E-state index in [2.05, 4.69) is 194 Å². The molecule has 53 heavy (non-hydrogen) atoms. The van der Waals surface area contributed by atoms with E-state index in [-0.39, 0.29) is 5.41 Å². The Kier molecular flexibility index (Phi) is 6.58. The fourth-order valence-electron chi connectivity index (χ4n) is 8.78. The van der Waals surface area contributed by atoms with E-state index in [4.69, 9.17) is 4.42 Å². The average Bonchev–Trinajstić information content (AvgIpc) is 3.87. The van der Waals surface area contributed by atoms with Crippen LogP contribution in [0.25, 0.3) is 64.4 Å². The lowest BCUT2D eigenvalue weighted by molar-refractivity contribution is 0.662. The molecule has 0 atom stereocenters. The van der Waals surface area contributed by atoms with E-state index in [1.807, 2.05) is 11.3 Å². The van der Waals surface area contributed by atoms with Crippen LogP contribution in [0.3, 0.4) is 0 Å². The summed E-state index contributed by atoms with van der Waals surface area (Å²) in [5, 5.41) is 4.77. The number of anilines is 3. The van der Waals surface area contributed by atoms with E-state index in [0.29, 0.717) is 0 Å². The van der Waals surface area contributed by atoms with Gasteiger partial charge in [-0.2, -0.15) is 0 Å². The molecule has 0 unspecified atom stereocenters. The fraction of sp³-hybridized carbons (Fsp3) is 0.0400. The molecular weight excluding hydrogens is 663 g/mol. The summed E-state index contributed by atoms with van der Waals surface area (Å²) in [6.45, 7) is 2.36. The van der Waals surface area contributed by atoms with Gasteiger partial charge in [0.25, 0.3) is 0 Å². The van der Waals surface area contributed by atoms with Crippen LogP contribution in [0.5, 0.6) is 0 Å². The first-order chi connectivity index (χ1) is 26.1. The third-order valence-electron chi connectivity index (χ3n) is 11.4. The number of furan rings is 1. The van der Waals surface area contributed by atoms with E-state index in [1.54, 1.807) is 0 Å². The van der Waals surface area contributed by atoms with Crippen molar-refractivity contribution in [3.05, 3.63) is 199 Å². The van der Waals surface area contributed by atoms with E-state index >= 15 is 0 Å². The Bertz CT molecular complexity index is 2980. The summed E-state index contributed by atoms with van der Waals surface area (Å²) in [4.78, 5) is 2.41. The summed E-state index contributed by atoms with van der Waals surface area (Å²) >= 11 is 1.85. The van der Waals surface area contributed by atoms with Crippen LogP contribution >= 0.6 is 11.3 Å². The van der Waals surface area contributed by atoms with Crippen molar-refractivity contribution in [2.75, 3.05) is 4.90 Å². The normalized spacial score (nSPS) is 13.2. The summed E-state index contributed by atoms with van der Waals surface area (Å²) in [6.07, 6.45) is 0. The van der Waals surface area contributed by atoms with Crippen molar-refractivity contribution < 1.29 is 4.42 Å². The van der Waals surface area contributed by atoms with Crippen LogP contribution in [0.4, 0.5) is 17.1 Å². The molecule has 11 rings (SSSR count). The number of hydrogen-bond acceptors (Lipinski definition) is 3.